The predicted octanol–water partition coefficient (Wildman–Crippen LogP) is 3.61. The van der Waals surface area contributed by atoms with Gasteiger partial charge in [0.05, 0.1) is 0 Å². The third-order valence-corrected chi connectivity index (χ3v) is 2.47. The fourth-order valence-electron chi connectivity index (χ4n) is 2.19. The predicted molar refractivity (Wildman–Crippen MR) is 84.7 cm³/mol. The van der Waals surface area contributed by atoms with Gasteiger partial charge in [-0.25, -0.2) is 9.59 Å². The SMILES string of the molecule is C=C(OOC(C)(C)CC(C)(C)C)C(=O)OC(C)OC(C)OC(=O)O. The Bertz CT molecular complexity index is 449. The van der Waals surface area contributed by atoms with Gasteiger partial charge in [-0.05, 0) is 46.1 Å². The zero-order chi connectivity index (χ0) is 19.1. The molecule has 140 valence electrons. The van der Waals surface area contributed by atoms with Gasteiger partial charge in [0.1, 0.15) is 5.60 Å². The second kappa shape index (κ2) is 8.89. The maximum atomic E-state index is 11.8. The lowest BCUT2D eigenvalue weighted by Gasteiger charge is -2.30. The molecule has 2 atom stereocenters. The molecule has 0 aliphatic heterocycles. The van der Waals surface area contributed by atoms with Gasteiger partial charge in [-0.2, -0.15) is 4.89 Å². The number of carbonyl (C=O) groups excluding carboxylic acids is 1. The van der Waals surface area contributed by atoms with Gasteiger partial charge in [0.25, 0.3) is 0 Å². The monoisotopic (exact) mass is 348 g/mol. The molecule has 0 bridgehead atoms. The number of carboxylic acid groups (broad SMARTS) is 1. The van der Waals surface area contributed by atoms with E-state index >= 15 is 0 Å². The van der Waals surface area contributed by atoms with Crippen molar-refractivity contribution in [3.8, 4) is 0 Å². The zero-order valence-electron chi connectivity index (χ0n) is 15.4. The molecule has 24 heavy (non-hydrogen) atoms. The summed E-state index contributed by atoms with van der Waals surface area (Å²) in [6.07, 6.45) is -2.97. The largest absolute Gasteiger partial charge is 0.508 e. The van der Waals surface area contributed by atoms with Crippen LogP contribution in [0.2, 0.25) is 0 Å². The van der Waals surface area contributed by atoms with E-state index in [-0.39, 0.29) is 11.2 Å². The van der Waals surface area contributed by atoms with Crippen LogP contribution in [0.15, 0.2) is 12.3 Å². The average molecular weight is 348 g/mol. The number of rotatable bonds is 9. The van der Waals surface area contributed by atoms with Crippen molar-refractivity contribution in [3.05, 3.63) is 12.3 Å². The standard InChI is InChI=1S/C16H28O8/c1-10(23-24-16(7,8)9-15(4,5)6)13(17)21-11(2)20-12(3)22-14(18)19/h11-12H,1,9H2,2-8H3,(H,18,19). The summed E-state index contributed by atoms with van der Waals surface area (Å²) in [5, 5.41) is 8.43. The highest BCUT2D eigenvalue weighted by Crippen LogP contribution is 2.30. The normalized spacial score (nSPS) is 14.5. The molecule has 0 aromatic heterocycles. The summed E-state index contributed by atoms with van der Waals surface area (Å²) in [5.74, 6) is -1.24. The molecule has 0 fully saturated rings. The second-order valence-corrected chi connectivity index (χ2v) is 7.15. The highest BCUT2D eigenvalue weighted by atomic mass is 17.2. The molecule has 0 heterocycles. The molecule has 0 saturated heterocycles. The van der Waals surface area contributed by atoms with Crippen LogP contribution >= 0.6 is 0 Å². The van der Waals surface area contributed by atoms with Gasteiger partial charge in [-0.3, -0.25) is 0 Å². The molecule has 8 nitrogen and oxygen atoms in total. The van der Waals surface area contributed by atoms with E-state index in [1.807, 2.05) is 13.8 Å². The zero-order valence-corrected chi connectivity index (χ0v) is 15.4. The first-order valence-electron chi connectivity index (χ1n) is 7.52. The summed E-state index contributed by atoms with van der Waals surface area (Å²) < 4.78 is 14.2. The second-order valence-electron chi connectivity index (χ2n) is 7.15. The van der Waals surface area contributed by atoms with Crippen molar-refractivity contribution in [2.24, 2.45) is 5.41 Å². The van der Waals surface area contributed by atoms with Gasteiger partial charge >= 0.3 is 12.1 Å². The Morgan fingerprint density at radius 1 is 1.04 bits per heavy atom. The minimum absolute atomic E-state index is 0.0112. The van der Waals surface area contributed by atoms with Gasteiger partial charge in [0.15, 0.2) is 0 Å². The highest BCUT2D eigenvalue weighted by molar-refractivity contribution is 5.85. The summed E-state index contributed by atoms with van der Waals surface area (Å²) in [5.41, 5.74) is -0.620. The third-order valence-electron chi connectivity index (χ3n) is 2.47. The van der Waals surface area contributed by atoms with E-state index < -0.39 is 30.3 Å². The molecule has 2 unspecified atom stereocenters. The molecule has 0 spiro atoms. The van der Waals surface area contributed by atoms with Crippen LogP contribution in [-0.2, 0) is 28.8 Å². The Hall–Kier alpha value is -1.80. The Kier molecular flexibility index (Phi) is 8.22. The van der Waals surface area contributed by atoms with Gasteiger partial charge in [-0.1, -0.05) is 20.8 Å². The molecular formula is C16H28O8. The first-order chi connectivity index (χ1) is 10.7. The first-order valence-corrected chi connectivity index (χ1v) is 7.52. The molecule has 0 aromatic carbocycles. The molecule has 0 aliphatic rings. The van der Waals surface area contributed by atoms with E-state index in [9.17, 15) is 9.59 Å². The van der Waals surface area contributed by atoms with Crippen LogP contribution in [0.25, 0.3) is 0 Å². The molecule has 0 radical (unpaired) electrons. The fraction of sp³-hybridized carbons (Fsp3) is 0.750. The van der Waals surface area contributed by atoms with Crippen LogP contribution in [0.1, 0.15) is 54.9 Å². The summed E-state index contributed by atoms with van der Waals surface area (Å²) in [7, 11) is 0. The summed E-state index contributed by atoms with van der Waals surface area (Å²) >= 11 is 0. The Morgan fingerprint density at radius 3 is 2.00 bits per heavy atom. The van der Waals surface area contributed by atoms with Crippen molar-refractivity contribution < 1.29 is 38.7 Å². The van der Waals surface area contributed by atoms with Crippen molar-refractivity contribution in [1.29, 1.82) is 0 Å². The minimum Gasteiger partial charge on any atom is -0.450 e. The number of carbonyl (C=O) groups is 2. The molecule has 0 amide bonds. The number of hydrogen-bond acceptors (Lipinski definition) is 7. The molecular weight excluding hydrogens is 320 g/mol. The van der Waals surface area contributed by atoms with Gasteiger partial charge in [0, 0.05) is 0 Å². The Morgan fingerprint density at radius 2 is 1.54 bits per heavy atom. The van der Waals surface area contributed by atoms with Crippen LogP contribution < -0.4 is 0 Å². The number of ether oxygens (including phenoxy) is 3. The number of esters is 1. The lowest BCUT2D eigenvalue weighted by molar-refractivity contribution is -0.332. The van der Waals surface area contributed by atoms with Crippen molar-refractivity contribution in [1.82, 2.24) is 0 Å². The lowest BCUT2D eigenvalue weighted by Crippen LogP contribution is -2.31. The van der Waals surface area contributed by atoms with Crippen LogP contribution in [0, 0.1) is 5.41 Å². The van der Waals surface area contributed by atoms with Crippen molar-refractivity contribution in [2.45, 2.75) is 73.1 Å². The fourth-order valence-corrected chi connectivity index (χ4v) is 2.19. The summed E-state index contributed by atoms with van der Waals surface area (Å²) in [6, 6.07) is 0. The summed E-state index contributed by atoms with van der Waals surface area (Å²) in [6.45, 7) is 16.0. The van der Waals surface area contributed by atoms with Gasteiger partial charge in [-0.15, -0.1) is 0 Å². The van der Waals surface area contributed by atoms with E-state index in [0.29, 0.717) is 6.42 Å². The molecule has 1 N–H and O–H groups in total. The maximum absolute atomic E-state index is 11.8. The van der Waals surface area contributed by atoms with E-state index in [0.717, 1.165) is 0 Å². The average Bonchev–Trinajstić information content (AvgIpc) is 2.31. The first kappa shape index (κ1) is 22.2. The van der Waals surface area contributed by atoms with Crippen molar-refractivity contribution in [2.75, 3.05) is 0 Å². The molecule has 8 heteroatoms. The highest BCUT2D eigenvalue weighted by Gasteiger charge is 2.29. The molecule has 0 aromatic rings. The quantitative estimate of drug-likeness (QED) is 0.168. The van der Waals surface area contributed by atoms with Gasteiger partial charge in [0.2, 0.25) is 18.3 Å². The van der Waals surface area contributed by atoms with Crippen molar-refractivity contribution >= 4 is 12.1 Å². The minimum atomic E-state index is -1.50. The van der Waals surface area contributed by atoms with Crippen molar-refractivity contribution in [3.63, 3.8) is 0 Å². The molecule has 0 aliphatic carbocycles. The van der Waals surface area contributed by atoms with Crippen LogP contribution in [-0.4, -0.2) is 35.4 Å². The van der Waals surface area contributed by atoms with E-state index in [2.05, 4.69) is 32.1 Å². The van der Waals surface area contributed by atoms with E-state index in [4.69, 9.17) is 24.4 Å². The third kappa shape index (κ3) is 10.8. The molecule has 0 saturated carbocycles. The Balaban J connectivity index is 4.33. The Labute approximate surface area is 142 Å². The van der Waals surface area contributed by atoms with E-state index in [1.165, 1.54) is 13.8 Å². The van der Waals surface area contributed by atoms with Crippen LogP contribution in [0.5, 0.6) is 0 Å². The smallest absolute Gasteiger partial charge is 0.450 e. The van der Waals surface area contributed by atoms with E-state index in [1.54, 1.807) is 0 Å². The molecule has 0 rings (SSSR count). The maximum Gasteiger partial charge on any atom is 0.508 e. The van der Waals surface area contributed by atoms with Crippen LogP contribution in [0.4, 0.5) is 4.79 Å². The van der Waals surface area contributed by atoms with Gasteiger partial charge < -0.3 is 24.2 Å². The summed E-state index contributed by atoms with van der Waals surface area (Å²) in [4.78, 5) is 32.3. The van der Waals surface area contributed by atoms with Crippen LogP contribution in [0.3, 0.4) is 0 Å². The number of hydrogen-bond donors (Lipinski definition) is 1. The topological polar surface area (TPSA) is 101 Å². The lowest BCUT2D eigenvalue weighted by atomic mass is 9.84.